The molecule has 1 atom stereocenters. The summed E-state index contributed by atoms with van der Waals surface area (Å²) in [5.41, 5.74) is 0.814. The van der Waals surface area contributed by atoms with Gasteiger partial charge in [-0.3, -0.25) is 9.59 Å². The molecular weight excluding hydrogens is 362 g/mol. The zero-order valence-corrected chi connectivity index (χ0v) is 14.5. The fraction of sp³-hybridized carbons (Fsp3) is 0.412. The molecule has 1 saturated heterocycles. The molecule has 1 amide bonds. The molecule has 0 bridgehead atoms. The van der Waals surface area contributed by atoms with Crippen LogP contribution in [0.5, 0.6) is 0 Å². The fourth-order valence-electron chi connectivity index (χ4n) is 2.80. The van der Waals surface area contributed by atoms with E-state index in [1.807, 2.05) is 31.2 Å². The minimum Gasteiger partial charge on any atom is -0.465 e. The molecular formula is C17H18BrNO4. The number of benzene rings is 1. The Morgan fingerprint density at radius 2 is 2.26 bits per heavy atom. The fourth-order valence-corrected chi connectivity index (χ4v) is 3.18. The number of ether oxygens (including phenoxy) is 1. The van der Waals surface area contributed by atoms with Crippen LogP contribution in [0.3, 0.4) is 0 Å². The second kappa shape index (κ2) is 6.74. The normalized spacial score (nSPS) is 17.9. The van der Waals surface area contributed by atoms with Crippen LogP contribution < -0.4 is 0 Å². The summed E-state index contributed by atoms with van der Waals surface area (Å²) in [7, 11) is 0. The molecule has 122 valence electrons. The molecule has 2 heterocycles. The summed E-state index contributed by atoms with van der Waals surface area (Å²) in [5, 5.41) is 1.01. The van der Waals surface area contributed by atoms with Gasteiger partial charge in [-0.2, -0.15) is 0 Å². The monoisotopic (exact) mass is 379 g/mol. The maximum Gasteiger partial charge on any atom is 0.311 e. The Morgan fingerprint density at radius 3 is 3.00 bits per heavy atom. The highest BCUT2D eigenvalue weighted by atomic mass is 79.9. The molecule has 1 unspecified atom stereocenters. The zero-order chi connectivity index (χ0) is 16.4. The Kier molecular flexibility index (Phi) is 4.71. The lowest BCUT2D eigenvalue weighted by molar-refractivity contribution is -0.148. The summed E-state index contributed by atoms with van der Waals surface area (Å²) in [6.45, 7) is 3.27. The summed E-state index contributed by atoms with van der Waals surface area (Å²) < 4.78 is 12.0. The molecule has 6 heteroatoms. The highest BCUT2D eigenvalue weighted by Gasteiger charge is 2.34. The van der Waals surface area contributed by atoms with Crippen LogP contribution in [0.4, 0.5) is 0 Å². The number of hydrogen-bond acceptors (Lipinski definition) is 4. The lowest BCUT2D eigenvalue weighted by atomic mass is 10.1. The average molecular weight is 380 g/mol. The predicted octanol–water partition coefficient (Wildman–Crippen LogP) is 3.15. The van der Waals surface area contributed by atoms with Crippen molar-refractivity contribution in [3.63, 3.8) is 0 Å². The van der Waals surface area contributed by atoms with Crippen LogP contribution in [-0.2, 0) is 20.7 Å². The molecule has 1 fully saturated rings. The maximum atomic E-state index is 12.0. The highest BCUT2D eigenvalue weighted by Crippen LogP contribution is 2.24. The predicted molar refractivity (Wildman–Crippen MR) is 88.9 cm³/mol. The van der Waals surface area contributed by atoms with Gasteiger partial charge in [0.15, 0.2) is 0 Å². The summed E-state index contributed by atoms with van der Waals surface area (Å²) in [6.07, 6.45) is 0.779. The number of carbonyl (C=O) groups excluding carboxylic acids is 2. The van der Waals surface area contributed by atoms with Gasteiger partial charge in [-0.15, -0.1) is 0 Å². The number of halogens is 1. The second-order valence-electron chi connectivity index (χ2n) is 5.65. The molecule has 5 nitrogen and oxygen atoms in total. The van der Waals surface area contributed by atoms with E-state index in [9.17, 15) is 9.59 Å². The summed E-state index contributed by atoms with van der Waals surface area (Å²) in [4.78, 5) is 25.3. The molecule has 1 aliphatic rings. The lowest BCUT2D eigenvalue weighted by Crippen LogP contribution is -2.26. The van der Waals surface area contributed by atoms with Crippen molar-refractivity contribution in [2.24, 2.45) is 5.92 Å². The van der Waals surface area contributed by atoms with Crippen molar-refractivity contribution >= 4 is 38.8 Å². The van der Waals surface area contributed by atoms with Gasteiger partial charge in [0.25, 0.3) is 0 Å². The van der Waals surface area contributed by atoms with Crippen LogP contribution in [0, 0.1) is 5.92 Å². The van der Waals surface area contributed by atoms with Gasteiger partial charge in [-0.25, -0.2) is 0 Å². The number of rotatable bonds is 5. The SMILES string of the molecule is CCN1CC(C(=O)OCCc2cc3cc(Br)ccc3o2)CC1=O. The Bertz CT molecular complexity index is 739. The molecule has 1 aromatic heterocycles. The maximum absolute atomic E-state index is 12.0. The standard InChI is InChI=1S/C17H18BrNO4/c1-2-19-10-12(9-16(19)20)17(21)22-6-5-14-8-11-7-13(18)3-4-15(11)23-14/h3-4,7-8,12H,2,5-6,9-10H2,1H3. The number of hydrogen-bond donors (Lipinski definition) is 0. The first-order chi connectivity index (χ1) is 11.1. The van der Waals surface area contributed by atoms with Gasteiger partial charge in [0, 0.05) is 35.8 Å². The first kappa shape index (κ1) is 16.1. The zero-order valence-electron chi connectivity index (χ0n) is 12.9. The third-order valence-electron chi connectivity index (χ3n) is 4.05. The van der Waals surface area contributed by atoms with Crippen molar-refractivity contribution in [2.45, 2.75) is 19.8 Å². The van der Waals surface area contributed by atoms with Gasteiger partial charge in [0.1, 0.15) is 11.3 Å². The molecule has 0 aliphatic carbocycles. The quantitative estimate of drug-likeness (QED) is 0.748. The minimum atomic E-state index is -0.339. The molecule has 0 radical (unpaired) electrons. The van der Waals surface area contributed by atoms with Gasteiger partial charge < -0.3 is 14.1 Å². The van der Waals surface area contributed by atoms with E-state index in [0.717, 1.165) is 21.2 Å². The van der Waals surface area contributed by atoms with E-state index in [1.54, 1.807) is 4.90 Å². The van der Waals surface area contributed by atoms with E-state index in [1.165, 1.54) is 0 Å². The molecule has 0 N–H and O–H groups in total. The molecule has 3 rings (SSSR count). The van der Waals surface area contributed by atoms with E-state index in [2.05, 4.69) is 15.9 Å². The van der Waals surface area contributed by atoms with Crippen molar-refractivity contribution in [1.29, 1.82) is 0 Å². The van der Waals surface area contributed by atoms with Crippen LogP contribution in [0.25, 0.3) is 11.0 Å². The number of fused-ring (bicyclic) bond motifs is 1. The van der Waals surface area contributed by atoms with Crippen LogP contribution >= 0.6 is 15.9 Å². The van der Waals surface area contributed by atoms with Crippen molar-refractivity contribution in [3.8, 4) is 0 Å². The molecule has 1 aliphatic heterocycles. The van der Waals surface area contributed by atoms with E-state index in [0.29, 0.717) is 19.5 Å². The summed E-state index contributed by atoms with van der Waals surface area (Å²) in [5.74, 6) is 0.170. The Balaban J connectivity index is 1.52. The molecule has 0 saturated carbocycles. The molecule has 23 heavy (non-hydrogen) atoms. The number of furan rings is 1. The molecule has 0 spiro atoms. The largest absolute Gasteiger partial charge is 0.465 e. The number of likely N-dealkylation sites (tertiary alicyclic amines) is 1. The van der Waals surface area contributed by atoms with Crippen LogP contribution in [-0.4, -0.2) is 36.5 Å². The van der Waals surface area contributed by atoms with Crippen molar-refractivity contribution in [3.05, 3.63) is 34.5 Å². The van der Waals surface area contributed by atoms with E-state index in [-0.39, 0.29) is 30.8 Å². The van der Waals surface area contributed by atoms with Gasteiger partial charge >= 0.3 is 5.97 Å². The smallest absolute Gasteiger partial charge is 0.311 e. The van der Waals surface area contributed by atoms with Gasteiger partial charge in [-0.05, 0) is 31.2 Å². The Morgan fingerprint density at radius 1 is 1.43 bits per heavy atom. The molecule has 2 aromatic rings. The number of esters is 1. The third kappa shape index (κ3) is 3.58. The van der Waals surface area contributed by atoms with Crippen LogP contribution in [0.15, 0.2) is 33.2 Å². The topological polar surface area (TPSA) is 59.8 Å². The van der Waals surface area contributed by atoms with Crippen LogP contribution in [0.1, 0.15) is 19.1 Å². The van der Waals surface area contributed by atoms with Gasteiger partial charge in [0.2, 0.25) is 5.91 Å². The average Bonchev–Trinajstić information content (AvgIpc) is 3.09. The highest BCUT2D eigenvalue weighted by molar-refractivity contribution is 9.10. The third-order valence-corrected chi connectivity index (χ3v) is 4.54. The number of carbonyl (C=O) groups is 2. The van der Waals surface area contributed by atoms with Crippen molar-refractivity contribution in [2.75, 3.05) is 19.7 Å². The number of nitrogens with zero attached hydrogens (tertiary/aromatic N) is 1. The van der Waals surface area contributed by atoms with E-state index in [4.69, 9.17) is 9.15 Å². The Hall–Kier alpha value is -1.82. The van der Waals surface area contributed by atoms with Crippen molar-refractivity contribution < 1.29 is 18.7 Å². The second-order valence-corrected chi connectivity index (χ2v) is 6.56. The first-order valence-corrected chi connectivity index (χ1v) is 8.48. The van der Waals surface area contributed by atoms with E-state index < -0.39 is 0 Å². The van der Waals surface area contributed by atoms with Gasteiger partial charge in [-0.1, -0.05) is 15.9 Å². The first-order valence-electron chi connectivity index (χ1n) is 7.69. The lowest BCUT2D eigenvalue weighted by Gasteiger charge is -2.13. The molecule has 1 aromatic carbocycles. The minimum absolute atomic E-state index is 0.0253. The van der Waals surface area contributed by atoms with E-state index >= 15 is 0 Å². The van der Waals surface area contributed by atoms with Crippen LogP contribution in [0.2, 0.25) is 0 Å². The number of amides is 1. The van der Waals surface area contributed by atoms with Gasteiger partial charge in [0.05, 0.1) is 12.5 Å². The summed E-state index contributed by atoms with van der Waals surface area (Å²) in [6, 6.07) is 7.76. The summed E-state index contributed by atoms with van der Waals surface area (Å²) >= 11 is 3.42. The van der Waals surface area contributed by atoms with Crippen molar-refractivity contribution in [1.82, 2.24) is 4.90 Å². The Labute approximate surface area is 142 Å².